The van der Waals surface area contributed by atoms with E-state index in [2.05, 4.69) is 0 Å². The number of ether oxygens (including phenoxy) is 4. The van der Waals surface area contributed by atoms with Crippen LogP contribution in [-0.2, 0) is 36.6 Å². The van der Waals surface area contributed by atoms with Gasteiger partial charge in [0.1, 0.15) is 17.9 Å². The van der Waals surface area contributed by atoms with Crippen molar-refractivity contribution in [2.75, 3.05) is 20.3 Å². The van der Waals surface area contributed by atoms with Gasteiger partial charge in [-0.15, -0.1) is 0 Å². The Morgan fingerprint density at radius 1 is 1.07 bits per heavy atom. The number of rotatable bonds is 8. The zero-order chi connectivity index (χ0) is 31.5. The van der Waals surface area contributed by atoms with Gasteiger partial charge in [0.15, 0.2) is 0 Å². The second-order valence-corrected chi connectivity index (χ2v) is 12.3. The van der Waals surface area contributed by atoms with E-state index in [1.54, 1.807) is 11.8 Å². The first-order valence-electron chi connectivity index (χ1n) is 14.8. The molecule has 2 aromatic rings. The van der Waals surface area contributed by atoms with E-state index in [0.29, 0.717) is 13.0 Å². The van der Waals surface area contributed by atoms with E-state index in [-0.39, 0.29) is 30.4 Å². The Morgan fingerprint density at radius 3 is 2.37 bits per heavy atom. The van der Waals surface area contributed by atoms with Crippen LogP contribution >= 0.6 is 0 Å². The molecular formula is C33H42F3NO6. The van der Waals surface area contributed by atoms with Crippen molar-refractivity contribution in [1.29, 1.82) is 0 Å². The van der Waals surface area contributed by atoms with Crippen molar-refractivity contribution in [3.8, 4) is 5.75 Å². The molecule has 0 unspecified atom stereocenters. The highest BCUT2D eigenvalue weighted by molar-refractivity contribution is 5.89. The third-order valence-corrected chi connectivity index (χ3v) is 8.39. The number of carbonyl (C=O) groups is 2. The van der Waals surface area contributed by atoms with Crippen LogP contribution < -0.4 is 4.74 Å². The lowest BCUT2D eigenvalue weighted by Gasteiger charge is -2.36. The maximum Gasteiger partial charge on any atom is 0.416 e. The summed E-state index contributed by atoms with van der Waals surface area (Å²) in [6.45, 7) is 9.86. The predicted molar refractivity (Wildman–Crippen MR) is 154 cm³/mol. The van der Waals surface area contributed by atoms with Crippen molar-refractivity contribution in [3.05, 3.63) is 64.7 Å². The van der Waals surface area contributed by atoms with Crippen molar-refractivity contribution in [2.24, 2.45) is 11.3 Å². The summed E-state index contributed by atoms with van der Waals surface area (Å²) in [5, 5.41) is 0. The van der Waals surface area contributed by atoms with Gasteiger partial charge in [0.25, 0.3) is 5.91 Å². The van der Waals surface area contributed by atoms with Gasteiger partial charge < -0.3 is 23.8 Å². The summed E-state index contributed by atoms with van der Waals surface area (Å²) >= 11 is 0. The van der Waals surface area contributed by atoms with Crippen molar-refractivity contribution >= 4 is 11.9 Å². The van der Waals surface area contributed by atoms with Crippen LogP contribution in [0.1, 0.15) is 75.3 Å². The van der Waals surface area contributed by atoms with Gasteiger partial charge in [0.05, 0.1) is 38.0 Å². The molecule has 43 heavy (non-hydrogen) atoms. The number of carbonyl (C=O) groups excluding carboxylic acids is 2. The molecule has 0 spiro atoms. The summed E-state index contributed by atoms with van der Waals surface area (Å²) in [4.78, 5) is 29.7. The third kappa shape index (κ3) is 7.01. The Hall–Kier alpha value is -3.11. The van der Waals surface area contributed by atoms with Crippen molar-refractivity contribution < 1.29 is 41.7 Å². The molecule has 2 fully saturated rings. The van der Waals surface area contributed by atoms with Crippen LogP contribution in [0.3, 0.4) is 0 Å². The topological polar surface area (TPSA) is 74.3 Å². The fourth-order valence-electron chi connectivity index (χ4n) is 6.40. The normalized spacial score (nSPS) is 24.6. The van der Waals surface area contributed by atoms with Crippen LogP contribution in [-0.4, -0.2) is 55.3 Å². The number of hydrogen-bond donors (Lipinski definition) is 0. The van der Waals surface area contributed by atoms with Gasteiger partial charge in [-0.05, 0) is 67.9 Å². The summed E-state index contributed by atoms with van der Waals surface area (Å²) in [5.74, 6) is -1.19. The molecule has 236 valence electrons. The minimum absolute atomic E-state index is 0.121. The standard InChI is InChI=1S/C33H42F3NO6/c1-7-41-31(39)28-26(32(3,4)5)29(43-19-21-18-22(33(34,35)36)15-16-24(21)40-6)27(23-13-9-8-12-20(23)2)37(28)30(38)25-14-10-11-17-42-25/h8-9,12-13,15-16,18,25-29H,7,10-11,14,17,19H2,1-6H3/t25-,26+,27-,28-,29-/m0/s1. The summed E-state index contributed by atoms with van der Waals surface area (Å²) < 4.78 is 64.3. The highest BCUT2D eigenvalue weighted by Crippen LogP contribution is 2.51. The minimum atomic E-state index is -4.55. The van der Waals surface area contributed by atoms with E-state index in [9.17, 15) is 22.8 Å². The van der Waals surface area contributed by atoms with E-state index >= 15 is 0 Å². The third-order valence-electron chi connectivity index (χ3n) is 8.39. The van der Waals surface area contributed by atoms with Gasteiger partial charge in [0.2, 0.25) is 0 Å². The molecule has 0 saturated carbocycles. The zero-order valence-corrected chi connectivity index (χ0v) is 25.7. The number of alkyl halides is 3. The van der Waals surface area contributed by atoms with Gasteiger partial charge in [0, 0.05) is 18.1 Å². The number of aryl methyl sites for hydroxylation is 1. The van der Waals surface area contributed by atoms with E-state index in [1.165, 1.54) is 13.2 Å². The lowest BCUT2D eigenvalue weighted by molar-refractivity contribution is -0.162. The lowest BCUT2D eigenvalue weighted by atomic mass is 9.73. The SMILES string of the molecule is CCOC(=O)[C@@H]1[C@@H](C(C)(C)C)[C@H](OCc2cc(C(F)(F)F)ccc2OC)[C@H](c2ccccc2C)N1C(=O)[C@@H]1CCCCO1. The molecule has 0 aromatic heterocycles. The van der Waals surface area contributed by atoms with Crippen LogP contribution in [0.15, 0.2) is 42.5 Å². The number of amides is 1. The Morgan fingerprint density at radius 2 is 1.79 bits per heavy atom. The van der Waals surface area contributed by atoms with Crippen LogP contribution in [0.4, 0.5) is 13.2 Å². The van der Waals surface area contributed by atoms with Crippen molar-refractivity contribution in [3.63, 3.8) is 0 Å². The molecule has 2 heterocycles. The Kier molecular flexibility index (Phi) is 10.1. The van der Waals surface area contributed by atoms with Gasteiger partial charge in [-0.3, -0.25) is 4.79 Å². The minimum Gasteiger partial charge on any atom is -0.496 e. The van der Waals surface area contributed by atoms with Gasteiger partial charge >= 0.3 is 12.1 Å². The smallest absolute Gasteiger partial charge is 0.416 e. The van der Waals surface area contributed by atoms with E-state index in [4.69, 9.17) is 18.9 Å². The second-order valence-electron chi connectivity index (χ2n) is 12.3. The van der Waals surface area contributed by atoms with E-state index < -0.39 is 53.3 Å². The molecule has 0 radical (unpaired) electrons. The number of methoxy groups -OCH3 is 1. The van der Waals surface area contributed by atoms with Crippen LogP contribution in [0.2, 0.25) is 0 Å². The molecule has 0 aliphatic carbocycles. The molecule has 2 aliphatic rings. The Bertz CT molecular complexity index is 1280. The Balaban J connectivity index is 1.87. The number of benzene rings is 2. The van der Waals surface area contributed by atoms with E-state index in [1.807, 2.05) is 52.0 Å². The molecular weight excluding hydrogens is 563 g/mol. The number of halogens is 3. The number of esters is 1. The fourth-order valence-corrected chi connectivity index (χ4v) is 6.40. The molecule has 5 atom stereocenters. The number of nitrogens with zero attached hydrogens (tertiary/aromatic N) is 1. The summed E-state index contributed by atoms with van der Waals surface area (Å²) in [7, 11) is 1.39. The second kappa shape index (κ2) is 13.3. The molecule has 4 rings (SSSR count). The molecule has 0 N–H and O–H groups in total. The quantitative estimate of drug-likeness (QED) is 0.314. The van der Waals surface area contributed by atoms with Crippen LogP contribution in [0.5, 0.6) is 5.75 Å². The van der Waals surface area contributed by atoms with Crippen LogP contribution in [0, 0.1) is 18.3 Å². The molecule has 2 saturated heterocycles. The molecule has 0 bridgehead atoms. The largest absolute Gasteiger partial charge is 0.496 e. The molecule has 10 heteroatoms. The zero-order valence-electron chi connectivity index (χ0n) is 25.7. The highest BCUT2D eigenvalue weighted by Gasteiger charge is 2.60. The first-order chi connectivity index (χ1) is 20.3. The average Bonchev–Trinajstić information content (AvgIpc) is 3.31. The summed E-state index contributed by atoms with van der Waals surface area (Å²) in [6.07, 6.45) is -3.85. The lowest BCUT2D eigenvalue weighted by Crippen LogP contribution is -2.51. The number of likely N-dealkylation sites (tertiary alicyclic amines) is 1. The van der Waals surface area contributed by atoms with Crippen LogP contribution in [0.25, 0.3) is 0 Å². The van der Waals surface area contributed by atoms with Gasteiger partial charge in [-0.2, -0.15) is 13.2 Å². The maximum atomic E-state index is 14.4. The Labute approximate surface area is 251 Å². The fraction of sp³-hybridized carbons (Fsp3) is 0.576. The molecule has 7 nitrogen and oxygen atoms in total. The van der Waals surface area contributed by atoms with Crippen molar-refractivity contribution in [1.82, 2.24) is 4.90 Å². The first kappa shape index (κ1) is 32.8. The summed E-state index contributed by atoms with van der Waals surface area (Å²) in [5.41, 5.74) is 0.480. The number of hydrogen-bond acceptors (Lipinski definition) is 6. The van der Waals surface area contributed by atoms with Crippen molar-refractivity contribution in [2.45, 2.75) is 91.0 Å². The average molecular weight is 606 g/mol. The highest BCUT2D eigenvalue weighted by atomic mass is 19.4. The molecule has 2 aliphatic heterocycles. The predicted octanol–water partition coefficient (Wildman–Crippen LogP) is 6.65. The molecule has 2 aromatic carbocycles. The monoisotopic (exact) mass is 605 g/mol. The maximum absolute atomic E-state index is 14.4. The van der Waals surface area contributed by atoms with Gasteiger partial charge in [-0.25, -0.2) is 4.79 Å². The van der Waals surface area contributed by atoms with E-state index in [0.717, 1.165) is 36.1 Å². The molecule has 1 amide bonds. The summed E-state index contributed by atoms with van der Waals surface area (Å²) in [6, 6.07) is 9.09. The van der Waals surface area contributed by atoms with Gasteiger partial charge in [-0.1, -0.05) is 45.0 Å². The first-order valence-corrected chi connectivity index (χ1v) is 14.8.